The molecule has 0 aromatic heterocycles. The van der Waals surface area contributed by atoms with E-state index in [9.17, 15) is 9.59 Å². The predicted molar refractivity (Wildman–Crippen MR) is 75.4 cm³/mol. The van der Waals surface area contributed by atoms with E-state index in [1.54, 1.807) is 0 Å². The number of carboxylic acid groups (broad SMARTS) is 1. The average Bonchev–Trinajstić information content (AvgIpc) is 2.12. The zero-order chi connectivity index (χ0) is 15.0. The number of β-lactam (4-membered cyclic amide) rings is 1. The van der Waals surface area contributed by atoms with Crippen LogP contribution in [0.5, 0.6) is 0 Å². The van der Waals surface area contributed by atoms with Crippen LogP contribution >= 0.6 is 0 Å². The Morgan fingerprint density at radius 2 is 2.00 bits per heavy atom. The topological polar surface area (TPSA) is 75.6 Å². The first kappa shape index (κ1) is 16.2. The highest BCUT2D eigenvalue weighted by molar-refractivity contribution is 6.74. The summed E-state index contributed by atoms with van der Waals surface area (Å²) in [5.74, 6) is -1.34. The Kier molecular flexibility index (Phi) is 4.46. The van der Waals surface area contributed by atoms with E-state index in [-0.39, 0.29) is 35.4 Å². The largest absolute Gasteiger partial charge is 0.481 e. The molecule has 19 heavy (non-hydrogen) atoms. The summed E-state index contributed by atoms with van der Waals surface area (Å²) in [6, 6.07) is -0.301. The maximum absolute atomic E-state index is 11.6. The monoisotopic (exact) mass is 287 g/mol. The van der Waals surface area contributed by atoms with E-state index in [1.807, 2.05) is 6.92 Å². The number of carbonyl (C=O) groups excluding carboxylic acids is 1. The highest BCUT2D eigenvalue weighted by Gasteiger charge is 2.47. The molecule has 3 atom stereocenters. The van der Waals surface area contributed by atoms with Gasteiger partial charge in [0.1, 0.15) is 0 Å². The van der Waals surface area contributed by atoms with Crippen molar-refractivity contribution in [2.45, 2.75) is 64.4 Å². The van der Waals surface area contributed by atoms with E-state index in [4.69, 9.17) is 9.53 Å². The fourth-order valence-electron chi connectivity index (χ4n) is 2.08. The molecule has 1 aliphatic heterocycles. The molecule has 0 unspecified atom stereocenters. The van der Waals surface area contributed by atoms with Crippen LogP contribution in [0, 0.1) is 5.92 Å². The number of nitrogens with one attached hydrogen (secondary N) is 1. The summed E-state index contributed by atoms with van der Waals surface area (Å²) in [5, 5.41) is 11.5. The first-order chi connectivity index (χ1) is 8.45. The molecule has 2 N–H and O–H groups in total. The number of rotatable bonds is 5. The van der Waals surface area contributed by atoms with Crippen LogP contribution in [0.3, 0.4) is 0 Å². The summed E-state index contributed by atoms with van der Waals surface area (Å²) >= 11 is 0. The van der Waals surface area contributed by atoms with Crippen molar-refractivity contribution < 1.29 is 19.1 Å². The van der Waals surface area contributed by atoms with Crippen molar-refractivity contribution in [2.24, 2.45) is 5.92 Å². The quantitative estimate of drug-likeness (QED) is 0.599. The third kappa shape index (κ3) is 3.57. The van der Waals surface area contributed by atoms with Gasteiger partial charge in [0.15, 0.2) is 8.32 Å². The van der Waals surface area contributed by atoms with Crippen LogP contribution in [0.25, 0.3) is 0 Å². The van der Waals surface area contributed by atoms with E-state index < -0.39 is 14.3 Å². The molecule has 0 saturated carbocycles. The number of aliphatic carboxylic acids is 1. The Bertz CT molecular complexity index is 375. The SMILES string of the molecule is C[C@@H](O[Si](C)(C)C(C)(C)C)[C@H]1C(=O)N[C@@H]1CC(=O)O. The number of carbonyl (C=O) groups is 2. The van der Waals surface area contributed by atoms with Gasteiger partial charge in [-0.3, -0.25) is 9.59 Å². The van der Waals surface area contributed by atoms with Gasteiger partial charge in [-0.15, -0.1) is 0 Å². The van der Waals surface area contributed by atoms with Crippen LogP contribution in [0.1, 0.15) is 34.1 Å². The van der Waals surface area contributed by atoms with Gasteiger partial charge >= 0.3 is 5.97 Å². The number of hydrogen-bond donors (Lipinski definition) is 2. The molecule has 0 spiro atoms. The van der Waals surface area contributed by atoms with Crippen molar-refractivity contribution >= 4 is 20.2 Å². The van der Waals surface area contributed by atoms with E-state index in [1.165, 1.54) is 0 Å². The molecule has 0 bridgehead atoms. The summed E-state index contributed by atoms with van der Waals surface area (Å²) in [5.41, 5.74) is 0. The second-order valence-electron chi connectivity index (χ2n) is 6.82. The lowest BCUT2D eigenvalue weighted by molar-refractivity contribution is -0.145. The molecule has 1 rings (SSSR count). The predicted octanol–water partition coefficient (Wildman–Crippen LogP) is 1.99. The lowest BCUT2D eigenvalue weighted by Crippen LogP contribution is -2.64. The van der Waals surface area contributed by atoms with Gasteiger partial charge in [0.2, 0.25) is 5.91 Å². The Morgan fingerprint density at radius 1 is 1.47 bits per heavy atom. The Balaban J connectivity index is 2.69. The van der Waals surface area contributed by atoms with Gasteiger partial charge in [-0.05, 0) is 25.1 Å². The van der Waals surface area contributed by atoms with E-state index in [0.29, 0.717) is 0 Å². The summed E-state index contributed by atoms with van der Waals surface area (Å²) in [6.07, 6.45) is -0.277. The highest BCUT2D eigenvalue weighted by Crippen LogP contribution is 2.39. The Hall–Kier alpha value is -0.883. The first-order valence-corrected chi connectivity index (χ1v) is 9.56. The second-order valence-corrected chi connectivity index (χ2v) is 11.6. The summed E-state index contributed by atoms with van der Waals surface area (Å²) in [4.78, 5) is 22.4. The number of hydrogen-bond acceptors (Lipinski definition) is 3. The van der Waals surface area contributed by atoms with E-state index >= 15 is 0 Å². The van der Waals surface area contributed by atoms with Crippen LogP contribution in [0.15, 0.2) is 0 Å². The fourth-order valence-corrected chi connectivity index (χ4v) is 3.51. The molecule has 1 aliphatic rings. The molecule has 0 aromatic rings. The van der Waals surface area contributed by atoms with Gasteiger partial charge in [0, 0.05) is 0 Å². The van der Waals surface area contributed by atoms with Crippen molar-refractivity contribution in [3.05, 3.63) is 0 Å². The van der Waals surface area contributed by atoms with Crippen LogP contribution in [0.2, 0.25) is 18.1 Å². The lowest BCUT2D eigenvalue weighted by Gasteiger charge is -2.45. The third-order valence-electron chi connectivity index (χ3n) is 4.25. The molecule has 1 saturated heterocycles. The Labute approximate surface area is 115 Å². The fraction of sp³-hybridized carbons (Fsp3) is 0.846. The summed E-state index contributed by atoms with van der Waals surface area (Å²) in [7, 11) is -1.94. The zero-order valence-corrected chi connectivity index (χ0v) is 13.6. The summed E-state index contributed by atoms with van der Waals surface area (Å²) in [6.45, 7) is 12.6. The molecular weight excluding hydrogens is 262 g/mol. The minimum absolute atomic E-state index is 0.0401. The van der Waals surface area contributed by atoms with E-state index in [0.717, 1.165) is 0 Å². The zero-order valence-electron chi connectivity index (χ0n) is 12.6. The van der Waals surface area contributed by atoms with Crippen molar-refractivity contribution in [3.8, 4) is 0 Å². The van der Waals surface area contributed by atoms with Gasteiger partial charge in [-0.25, -0.2) is 0 Å². The van der Waals surface area contributed by atoms with Crippen LogP contribution in [0.4, 0.5) is 0 Å². The molecule has 1 heterocycles. The minimum Gasteiger partial charge on any atom is -0.481 e. The lowest BCUT2D eigenvalue weighted by atomic mass is 9.84. The minimum atomic E-state index is -1.94. The highest BCUT2D eigenvalue weighted by atomic mass is 28.4. The number of carboxylic acids is 1. The normalized spacial score (nSPS) is 25.5. The van der Waals surface area contributed by atoms with Crippen molar-refractivity contribution in [3.63, 3.8) is 0 Å². The van der Waals surface area contributed by atoms with Crippen LogP contribution in [-0.2, 0) is 14.0 Å². The van der Waals surface area contributed by atoms with Crippen LogP contribution in [-0.4, -0.2) is 37.4 Å². The van der Waals surface area contributed by atoms with Gasteiger partial charge in [-0.2, -0.15) is 0 Å². The van der Waals surface area contributed by atoms with Crippen molar-refractivity contribution in [1.82, 2.24) is 5.32 Å². The standard InChI is InChI=1S/C13H25NO4Si/c1-8(18-19(5,6)13(2,3)4)11-9(7-10(15)16)14-12(11)17/h8-9,11H,7H2,1-6H3,(H,14,17)(H,15,16)/t8-,9-,11-/m1/s1. The smallest absolute Gasteiger partial charge is 0.305 e. The molecule has 0 aliphatic carbocycles. The maximum Gasteiger partial charge on any atom is 0.305 e. The molecule has 0 radical (unpaired) electrons. The third-order valence-corrected chi connectivity index (χ3v) is 8.82. The summed E-state index contributed by atoms with van der Waals surface area (Å²) < 4.78 is 6.17. The molecular formula is C13H25NO4Si. The molecule has 5 nitrogen and oxygen atoms in total. The van der Waals surface area contributed by atoms with Crippen molar-refractivity contribution in [1.29, 1.82) is 0 Å². The van der Waals surface area contributed by atoms with E-state index in [2.05, 4.69) is 39.2 Å². The van der Waals surface area contributed by atoms with Gasteiger partial charge in [-0.1, -0.05) is 20.8 Å². The molecule has 6 heteroatoms. The molecule has 110 valence electrons. The molecule has 0 aromatic carbocycles. The maximum atomic E-state index is 11.6. The average molecular weight is 287 g/mol. The first-order valence-electron chi connectivity index (χ1n) is 6.65. The molecule has 1 fully saturated rings. The van der Waals surface area contributed by atoms with Gasteiger partial charge in [0.25, 0.3) is 0 Å². The van der Waals surface area contributed by atoms with Gasteiger partial charge < -0.3 is 14.8 Å². The van der Waals surface area contributed by atoms with Gasteiger partial charge in [0.05, 0.1) is 24.5 Å². The van der Waals surface area contributed by atoms with Crippen LogP contribution < -0.4 is 5.32 Å². The van der Waals surface area contributed by atoms with Crippen molar-refractivity contribution in [2.75, 3.05) is 0 Å². The second kappa shape index (κ2) is 5.24. The Morgan fingerprint density at radius 3 is 2.37 bits per heavy atom. The number of amides is 1. The molecule has 1 amide bonds.